The lowest BCUT2D eigenvalue weighted by Gasteiger charge is -1.97. The maximum Gasteiger partial charge on any atom is 0.395 e. The average molecular weight is 311 g/mol. The zero-order valence-corrected chi connectivity index (χ0v) is 10.7. The molecule has 0 spiro atoms. The Morgan fingerprint density at radius 1 is 1.00 bits per heavy atom. The Labute approximate surface area is 118 Å². The standard InChI is InChI=1S/C9H5N5O8/c1-4(15)10-5-2-7(12(17)18)8(13(19)20)3-6(5)11(9(10)16)14(21)22/h2-3H,1H3. The van der Waals surface area contributed by atoms with Crippen molar-refractivity contribution in [1.29, 1.82) is 0 Å². The summed E-state index contributed by atoms with van der Waals surface area (Å²) in [4.78, 5) is 53.7. The molecule has 0 N–H and O–H groups in total. The van der Waals surface area contributed by atoms with Crippen molar-refractivity contribution in [2.45, 2.75) is 6.92 Å². The molecule has 0 saturated carbocycles. The van der Waals surface area contributed by atoms with Gasteiger partial charge in [0.25, 0.3) is 0 Å². The highest BCUT2D eigenvalue weighted by Gasteiger charge is 2.32. The smallest absolute Gasteiger partial charge is 0.274 e. The van der Waals surface area contributed by atoms with Gasteiger partial charge in [0, 0.05) is 6.92 Å². The lowest BCUT2D eigenvalue weighted by atomic mass is 10.2. The topological polar surface area (TPSA) is 173 Å². The van der Waals surface area contributed by atoms with E-state index in [1.54, 1.807) is 0 Å². The summed E-state index contributed by atoms with van der Waals surface area (Å²) in [5, 5.41) is 31.4. The molecule has 2 rings (SSSR count). The Morgan fingerprint density at radius 2 is 1.45 bits per heavy atom. The van der Waals surface area contributed by atoms with Crippen molar-refractivity contribution in [1.82, 2.24) is 9.24 Å². The van der Waals surface area contributed by atoms with Gasteiger partial charge in [-0.05, 0) is 4.68 Å². The third kappa shape index (κ3) is 1.96. The predicted octanol–water partition coefficient (Wildman–Crippen LogP) is 0.319. The van der Waals surface area contributed by atoms with Crippen molar-refractivity contribution in [2.24, 2.45) is 0 Å². The molecule has 13 nitrogen and oxygen atoms in total. The number of rotatable bonds is 3. The fraction of sp³-hybridized carbons (Fsp3) is 0.111. The van der Waals surface area contributed by atoms with E-state index in [9.17, 15) is 39.9 Å². The van der Waals surface area contributed by atoms with Gasteiger partial charge < -0.3 is 0 Å². The summed E-state index contributed by atoms with van der Waals surface area (Å²) in [5.41, 5.74) is -4.47. The van der Waals surface area contributed by atoms with E-state index in [4.69, 9.17) is 0 Å². The minimum Gasteiger partial charge on any atom is -0.274 e. The number of nitrogens with zero attached hydrogens (tertiary/aromatic N) is 5. The van der Waals surface area contributed by atoms with Crippen LogP contribution in [-0.4, -0.2) is 30.0 Å². The Balaban J connectivity index is 3.11. The van der Waals surface area contributed by atoms with Crippen LogP contribution in [0.2, 0.25) is 0 Å². The van der Waals surface area contributed by atoms with Crippen LogP contribution < -0.4 is 5.69 Å². The lowest BCUT2D eigenvalue weighted by molar-refractivity contribution is -0.540. The Morgan fingerprint density at radius 3 is 1.82 bits per heavy atom. The van der Waals surface area contributed by atoms with Gasteiger partial charge in [-0.25, -0.2) is 19.5 Å². The molecule has 0 unspecified atom stereocenters. The molecule has 0 radical (unpaired) electrons. The van der Waals surface area contributed by atoms with Crippen molar-refractivity contribution in [3.63, 3.8) is 0 Å². The van der Waals surface area contributed by atoms with Crippen molar-refractivity contribution >= 4 is 28.3 Å². The van der Waals surface area contributed by atoms with Gasteiger partial charge in [0.05, 0.1) is 27.5 Å². The quantitative estimate of drug-likeness (QED) is 0.575. The predicted molar refractivity (Wildman–Crippen MR) is 68.2 cm³/mol. The fourth-order valence-electron chi connectivity index (χ4n) is 1.96. The number of hydrogen-bond acceptors (Lipinski definition) is 8. The normalized spacial score (nSPS) is 10.6. The van der Waals surface area contributed by atoms with Crippen LogP contribution in [-0.2, 0) is 0 Å². The number of fused-ring (bicyclic) bond motifs is 1. The highest BCUT2D eigenvalue weighted by atomic mass is 16.7. The first kappa shape index (κ1) is 14.8. The number of hydrogen-bond donors (Lipinski definition) is 0. The van der Waals surface area contributed by atoms with Gasteiger partial charge in [-0.15, -0.1) is 0 Å². The lowest BCUT2D eigenvalue weighted by Crippen LogP contribution is -2.30. The number of benzene rings is 1. The minimum absolute atomic E-state index is 0.0898. The van der Waals surface area contributed by atoms with Gasteiger partial charge >= 0.3 is 17.1 Å². The molecule has 114 valence electrons. The van der Waals surface area contributed by atoms with Crippen LogP contribution in [0.4, 0.5) is 11.4 Å². The molecule has 1 aromatic heterocycles. The van der Waals surface area contributed by atoms with E-state index >= 15 is 0 Å². The summed E-state index contributed by atoms with van der Waals surface area (Å²) in [5.74, 6) is -0.932. The number of imidazole rings is 1. The number of aromatic nitrogens is 2. The second-order valence-corrected chi connectivity index (χ2v) is 4.03. The molecule has 0 aliphatic carbocycles. The molecule has 0 bridgehead atoms. The van der Waals surface area contributed by atoms with Gasteiger partial charge in [0.1, 0.15) is 5.52 Å². The highest BCUT2D eigenvalue weighted by Crippen LogP contribution is 2.31. The second-order valence-electron chi connectivity index (χ2n) is 4.03. The van der Waals surface area contributed by atoms with Gasteiger partial charge in [0.15, 0.2) is 5.03 Å². The molecule has 0 atom stereocenters. The van der Waals surface area contributed by atoms with Crippen LogP contribution in [0.1, 0.15) is 11.7 Å². The van der Waals surface area contributed by atoms with E-state index in [0.717, 1.165) is 6.92 Å². The molecule has 0 amide bonds. The van der Waals surface area contributed by atoms with Crippen LogP contribution in [0.5, 0.6) is 0 Å². The second kappa shape index (κ2) is 4.72. The number of carbonyl (C=O) groups excluding carboxylic acids is 1. The Kier molecular flexibility index (Phi) is 3.17. The maximum absolute atomic E-state index is 11.9. The van der Waals surface area contributed by atoms with E-state index in [1.165, 1.54) is 0 Å². The van der Waals surface area contributed by atoms with Crippen LogP contribution in [0.25, 0.3) is 11.0 Å². The summed E-state index contributed by atoms with van der Waals surface area (Å²) in [6.45, 7) is 0.915. The molecule has 22 heavy (non-hydrogen) atoms. The van der Waals surface area contributed by atoms with E-state index in [-0.39, 0.29) is 4.68 Å². The van der Waals surface area contributed by atoms with Crippen LogP contribution in [0.15, 0.2) is 16.9 Å². The third-order valence-corrected chi connectivity index (χ3v) is 2.78. The molecule has 1 aromatic carbocycles. The number of nitro benzene ring substituents is 2. The van der Waals surface area contributed by atoms with Crippen LogP contribution >= 0.6 is 0 Å². The summed E-state index contributed by atoms with van der Waals surface area (Å²) in [7, 11) is 0. The summed E-state index contributed by atoms with van der Waals surface area (Å²) < 4.78 is 0.238. The average Bonchev–Trinajstić information content (AvgIpc) is 2.67. The monoisotopic (exact) mass is 311 g/mol. The van der Waals surface area contributed by atoms with Crippen molar-refractivity contribution < 1.29 is 19.7 Å². The maximum atomic E-state index is 11.9. The zero-order valence-electron chi connectivity index (χ0n) is 10.7. The van der Waals surface area contributed by atoms with E-state index < -0.39 is 48.9 Å². The molecule has 13 heteroatoms. The molecule has 0 saturated heterocycles. The molecule has 2 aromatic rings. The van der Waals surface area contributed by atoms with E-state index in [1.807, 2.05) is 0 Å². The van der Waals surface area contributed by atoms with Gasteiger partial charge in [-0.3, -0.25) is 25.0 Å². The Hall–Kier alpha value is -3.64. The minimum atomic E-state index is -1.39. The van der Waals surface area contributed by atoms with E-state index in [0.29, 0.717) is 16.7 Å². The van der Waals surface area contributed by atoms with Gasteiger partial charge in [-0.2, -0.15) is 0 Å². The van der Waals surface area contributed by atoms with Crippen molar-refractivity contribution in [3.8, 4) is 0 Å². The molecule has 0 aliphatic rings. The molecule has 0 aliphatic heterocycles. The molecule has 0 fully saturated rings. The molecular formula is C9H5N5O8. The van der Waals surface area contributed by atoms with Gasteiger partial charge in [0.2, 0.25) is 5.91 Å². The first-order valence-electron chi connectivity index (χ1n) is 5.42. The summed E-state index contributed by atoms with van der Waals surface area (Å²) in [6, 6.07) is 1.09. The van der Waals surface area contributed by atoms with Crippen molar-refractivity contribution in [2.75, 3.05) is 0 Å². The third-order valence-electron chi connectivity index (χ3n) is 2.78. The summed E-state index contributed by atoms with van der Waals surface area (Å²) in [6.07, 6.45) is 0. The first-order valence-corrected chi connectivity index (χ1v) is 5.42. The number of carbonyl (C=O) groups is 1. The zero-order chi connectivity index (χ0) is 16.8. The SMILES string of the molecule is CC(=O)n1c(=O)n([N+](=O)[O-])c2cc([N+](=O)[O-])c([N+](=O)[O-])cc21. The van der Waals surface area contributed by atoms with Gasteiger partial charge in [-0.1, -0.05) is 0 Å². The highest BCUT2D eigenvalue weighted by molar-refractivity contribution is 5.92. The van der Waals surface area contributed by atoms with Crippen LogP contribution in [0.3, 0.4) is 0 Å². The molecule has 1 heterocycles. The number of nitro groups is 3. The fourth-order valence-corrected chi connectivity index (χ4v) is 1.96. The Bertz CT molecular complexity index is 850. The molecular weight excluding hydrogens is 306 g/mol. The van der Waals surface area contributed by atoms with E-state index in [2.05, 4.69) is 0 Å². The van der Waals surface area contributed by atoms with Crippen LogP contribution in [0, 0.1) is 30.3 Å². The largest absolute Gasteiger partial charge is 0.395 e. The summed E-state index contributed by atoms with van der Waals surface area (Å²) >= 11 is 0. The van der Waals surface area contributed by atoms with Crippen molar-refractivity contribution in [3.05, 3.63) is 53.0 Å². The first-order chi connectivity index (χ1) is 10.2.